The molecule has 1 aliphatic heterocycles. The van der Waals surface area contributed by atoms with E-state index in [1.807, 2.05) is 7.05 Å². The van der Waals surface area contributed by atoms with Crippen molar-refractivity contribution in [3.05, 3.63) is 0 Å². The topological polar surface area (TPSA) is 64.6 Å². The van der Waals surface area contributed by atoms with Crippen molar-refractivity contribution >= 4 is 6.03 Å². The van der Waals surface area contributed by atoms with Gasteiger partial charge in [0.1, 0.15) is 0 Å². The first-order valence-electron chi connectivity index (χ1n) is 5.09. The van der Waals surface area contributed by atoms with Crippen molar-refractivity contribution < 1.29 is 9.90 Å². The summed E-state index contributed by atoms with van der Waals surface area (Å²) >= 11 is 0. The van der Waals surface area contributed by atoms with Gasteiger partial charge in [-0.2, -0.15) is 0 Å². The second kappa shape index (κ2) is 5.82. The van der Waals surface area contributed by atoms with E-state index in [0.29, 0.717) is 6.54 Å². The molecule has 0 spiro atoms. The van der Waals surface area contributed by atoms with E-state index in [0.717, 1.165) is 19.4 Å². The lowest BCUT2D eigenvalue weighted by Gasteiger charge is -2.32. The van der Waals surface area contributed by atoms with Crippen LogP contribution in [0.2, 0.25) is 0 Å². The second-order valence-electron chi connectivity index (χ2n) is 3.62. The third-order valence-electron chi connectivity index (χ3n) is 2.47. The van der Waals surface area contributed by atoms with Gasteiger partial charge in [-0.1, -0.05) is 0 Å². The normalized spacial score (nSPS) is 23.1. The van der Waals surface area contributed by atoms with Crippen LogP contribution in [0.25, 0.3) is 0 Å². The van der Waals surface area contributed by atoms with Crippen LogP contribution in [-0.2, 0) is 0 Å². The van der Waals surface area contributed by atoms with E-state index in [2.05, 4.69) is 15.5 Å². The number of rotatable bonds is 3. The summed E-state index contributed by atoms with van der Waals surface area (Å²) in [6, 6.07) is -0.196. The molecule has 1 rings (SSSR count). The molecule has 0 saturated carbocycles. The summed E-state index contributed by atoms with van der Waals surface area (Å²) in [5.74, 6) is 0. The highest BCUT2D eigenvalue weighted by molar-refractivity contribution is 5.74. The SMILES string of the molecule is CN1CCCCC1NC(=O)NCCO. The predicted molar refractivity (Wildman–Crippen MR) is 53.9 cm³/mol. The minimum Gasteiger partial charge on any atom is -0.395 e. The van der Waals surface area contributed by atoms with Crippen molar-refractivity contribution in [2.24, 2.45) is 0 Å². The number of nitrogens with zero attached hydrogens (tertiary/aromatic N) is 1. The lowest BCUT2D eigenvalue weighted by atomic mass is 10.1. The van der Waals surface area contributed by atoms with E-state index in [-0.39, 0.29) is 18.8 Å². The quantitative estimate of drug-likeness (QED) is 0.588. The molecule has 1 fully saturated rings. The molecule has 5 heteroatoms. The Morgan fingerprint density at radius 2 is 2.36 bits per heavy atom. The minimum absolute atomic E-state index is 0.0199. The van der Waals surface area contributed by atoms with E-state index in [9.17, 15) is 4.79 Å². The Bertz CT molecular complexity index is 187. The molecule has 3 N–H and O–H groups in total. The number of amides is 2. The Morgan fingerprint density at radius 3 is 3.00 bits per heavy atom. The highest BCUT2D eigenvalue weighted by Gasteiger charge is 2.19. The average molecular weight is 201 g/mol. The van der Waals surface area contributed by atoms with Crippen LogP contribution in [0.4, 0.5) is 4.79 Å². The second-order valence-corrected chi connectivity index (χ2v) is 3.62. The summed E-state index contributed by atoms with van der Waals surface area (Å²) in [5, 5.41) is 14.0. The van der Waals surface area contributed by atoms with Gasteiger partial charge in [-0.05, 0) is 32.9 Å². The summed E-state index contributed by atoms with van der Waals surface area (Å²) in [5.41, 5.74) is 0. The number of piperidine rings is 1. The van der Waals surface area contributed by atoms with E-state index >= 15 is 0 Å². The Morgan fingerprint density at radius 1 is 1.57 bits per heavy atom. The fraction of sp³-hybridized carbons (Fsp3) is 0.889. The highest BCUT2D eigenvalue weighted by atomic mass is 16.3. The molecule has 0 aliphatic carbocycles. The zero-order chi connectivity index (χ0) is 10.4. The van der Waals surface area contributed by atoms with Gasteiger partial charge in [-0.15, -0.1) is 0 Å². The number of aliphatic hydroxyl groups is 1. The van der Waals surface area contributed by atoms with Crippen LogP contribution in [0.5, 0.6) is 0 Å². The van der Waals surface area contributed by atoms with Crippen LogP contribution in [0, 0.1) is 0 Å². The van der Waals surface area contributed by atoms with E-state index in [4.69, 9.17) is 5.11 Å². The number of carbonyl (C=O) groups excluding carboxylic acids is 1. The maximum Gasteiger partial charge on any atom is 0.316 e. The van der Waals surface area contributed by atoms with Gasteiger partial charge in [0.05, 0.1) is 12.8 Å². The number of hydrogen-bond acceptors (Lipinski definition) is 3. The molecule has 0 aromatic carbocycles. The molecule has 1 heterocycles. The predicted octanol–water partition coefficient (Wildman–Crippen LogP) is -0.280. The third-order valence-corrected chi connectivity index (χ3v) is 2.47. The monoisotopic (exact) mass is 201 g/mol. The van der Waals surface area contributed by atoms with Crippen LogP contribution in [0.1, 0.15) is 19.3 Å². The lowest BCUT2D eigenvalue weighted by Crippen LogP contribution is -2.52. The molecular formula is C9H19N3O2. The Labute approximate surface area is 84.5 Å². The summed E-state index contributed by atoms with van der Waals surface area (Å²) in [4.78, 5) is 13.4. The van der Waals surface area contributed by atoms with Gasteiger partial charge in [0.15, 0.2) is 0 Å². The smallest absolute Gasteiger partial charge is 0.316 e. The number of aliphatic hydroxyl groups excluding tert-OH is 1. The van der Waals surface area contributed by atoms with Crippen LogP contribution >= 0.6 is 0 Å². The van der Waals surface area contributed by atoms with Gasteiger partial charge in [0.25, 0.3) is 0 Å². The number of urea groups is 1. The molecule has 14 heavy (non-hydrogen) atoms. The fourth-order valence-corrected chi connectivity index (χ4v) is 1.63. The van der Waals surface area contributed by atoms with Crippen molar-refractivity contribution in [3.63, 3.8) is 0 Å². The molecule has 1 atom stereocenters. The molecule has 2 amide bonds. The molecule has 0 aromatic heterocycles. The summed E-state index contributed by atoms with van der Waals surface area (Å²) < 4.78 is 0. The van der Waals surface area contributed by atoms with Crippen molar-refractivity contribution in [1.82, 2.24) is 15.5 Å². The van der Waals surface area contributed by atoms with Crippen LogP contribution in [0.3, 0.4) is 0 Å². The van der Waals surface area contributed by atoms with Gasteiger partial charge >= 0.3 is 6.03 Å². The van der Waals surface area contributed by atoms with Crippen LogP contribution in [0.15, 0.2) is 0 Å². The van der Waals surface area contributed by atoms with Gasteiger partial charge in [0.2, 0.25) is 0 Å². The van der Waals surface area contributed by atoms with Gasteiger partial charge in [0, 0.05) is 6.54 Å². The van der Waals surface area contributed by atoms with E-state index in [1.54, 1.807) is 0 Å². The fourth-order valence-electron chi connectivity index (χ4n) is 1.63. The van der Waals surface area contributed by atoms with Crippen molar-refractivity contribution in [2.45, 2.75) is 25.4 Å². The number of likely N-dealkylation sites (tertiary alicyclic amines) is 1. The molecule has 1 unspecified atom stereocenters. The van der Waals surface area contributed by atoms with E-state index in [1.165, 1.54) is 6.42 Å². The molecule has 5 nitrogen and oxygen atoms in total. The number of carbonyl (C=O) groups is 1. The Hall–Kier alpha value is -0.810. The summed E-state index contributed by atoms with van der Waals surface area (Å²) in [6.45, 7) is 1.32. The van der Waals surface area contributed by atoms with Gasteiger partial charge in [-0.25, -0.2) is 4.79 Å². The largest absolute Gasteiger partial charge is 0.395 e. The number of nitrogens with one attached hydrogen (secondary N) is 2. The molecule has 82 valence electrons. The molecule has 1 aliphatic rings. The van der Waals surface area contributed by atoms with Gasteiger partial charge < -0.3 is 15.7 Å². The van der Waals surface area contributed by atoms with Crippen LogP contribution in [-0.4, -0.2) is 48.9 Å². The standard InChI is InChI=1S/C9H19N3O2/c1-12-6-3-2-4-8(12)11-9(14)10-5-7-13/h8,13H,2-7H2,1H3,(H2,10,11,14). The molecule has 0 radical (unpaired) electrons. The molecule has 1 saturated heterocycles. The van der Waals surface area contributed by atoms with Crippen molar-refractivity contribution in [3.8, 4) is 0 Å². The third kappa shape index (κ3) is 3.51. The maximum atomic E-state index is 11.3. The van der Waals surface area contributed by atoms with E-state index < -0.39 is 0 Å². The average Bonchev–Trinajstić information content (AvgIpc) is 2.18. The zero-order valence-electron chi connectivity index (χ0n) is 8.62. The Balaban J connectivity index is 2.23. The first-order chi connectivity index (χ1) is 6.74. The van der Waals surface area contributed by atoms with Crippen molar-refractivity contribution in [2.75, 3.05) is 26.7 Å². The minimum atomic E-state index is -0.196. The lowest BCUT2D eigenvalue weighted by molar-refractivity contribution is 0.153. The van der Waals surface area contributed by atoms with Crippen molar-refractivity contribution in [1.29, 1.82) is 0 Å². The molecular weight excluding hydrogens is 182 g/mol. The van der Waals surface area contributed by atoms with Crippen LogP contribution < -0.4 is 10.6 Å². The summed E-state index contributed by atoms with van der Waals surface area (Å²) in [7, 11) is 2.01. The van der Waals surface area contributed by atoms with Gasteiger partial charge in [-0.3, -0.25) is 4.90 Å². The number of hydrogen-bond donors (Lipinski definition) is 3. The highest BCUT2D eigenvalue weighted by Crippen LogP contribution is 2.12. The Kier molecular flexibility index (Phi) is 4.69. The first-order valence-corrected chi connectivity index (χ1v) is 5.09. The first kappa shape index (κ1) is 11.3. The maximum absolute atomic E-state index is 11.3. The molecule has 0 aromatic rings. The summed E-state index contributed by atoms with van der Waals surface area (Å²) in [6.07, 6.45) is 3.51. The molecule has 0 bridgehead atoms. The zero-order valence-corrected chi connectivity index (χ0v) is 8.62.